The molecule has 3 aromatic carbocycles. The molecule has 5 nitrogen and oxygen atoms in total. The van der Waals surface area contributed by atoms with Crippen LogP contribution in [0.1, 0.15) is 21.5 Å². The Morgan fingerprint density at radius 2 is 1.62 bits per heavy atom. The van der Waals surface area contributed by atoms with E-state index >= 15 is 0 Å². The first-order valence-corrected chi connectivity index (χ1v) is 11.1. The average Bonchev–Trinajstić information content (AvgIpc) is 3.28. The second kappa shape index (κ2) is 8.95. The zero-order valence-corrected chi connectivity index (χ0v) is 18.3. The molecule has 0 aliphatic carbocycles. The summed E-state index contributed by atoms with van der Waals surface area (Å²) in [6.45, 7) is 3.01. The Morgan fingerprint density at radius 1 is 0.912 bits per heavy atom. The Kier molecular flexibility index (Phi) is 5.83. The molecule has 34 heavy (non-hydrogen) atoms. The second-order valence-electron chi connectivity index (χ2n) is 8.45. The van der Waals surface area contributed by atoms with Crippen LogP contribution in [0.25, 0.3) is 22.4 Å². The number of carbonyl (C=O) groups is 1. The number of piperazine rings is 1. The molecule has 1 fully saturated rings. The van der Waals surface area contributed by atoms with E-state index in [1.165, 1.54) is 12.1 Å². The van der Waals surface area contributed by atoms with Gasteiger partial charge < -0.3 is 9.88 Å². The summed E-state index contributed by atoms with van der Waals surface area (Å²) in [7, 11) is 0. The van der Waals surface area contributed by atoms with Crippen LogP contribution in [0.2, 0.25) is 0 Å². The van der Waals surface area contributed by atoms with Gasteiger partial charge in [-0.1, -0.05) is 42.5 Å². The Bertz CT molecular complexity index is 1290. The van der Waals surface area contributed by atoms with Crippen molar-refractivity contribution in [3.63, 3.8) is 0 Å². The quantitative estimate of drug-likeness (QED) is 0.451. The van der Waals surface area contributed by atoms with Crippen molar-refractivity contribution in [2.75, 3.05) is 26.2 Å². The lowest BCUT2D eigenvalue weighted by molar-refractivity contribution is -0.137. The van der Waals surface area contributed by atoms with E-state index in [1.807, 2.05) is 53.4 Å². The highest BCUT2D eigenvalue weighted by Crippen LogP contribution is 2.29. The third-order valence-electron chi connectivity index (χ3n) is 6.12. The molecule has 4 aromatic rings. The number of aromatic nitrogens is 2. The normalized spacial score (nSPS) is 15.1. The van der Waals surface area contributed by atoms with E-state index in [0.29, 0.717) is 38.3 Å². The molecule has 1 aliphatic heterocycles. The number of H-pyrrole nitrogens is 1. The fourth-order valence-corrected chi connectivity index (χ4v) is 4.22. The summed E-state index contributed by atoms with van der Waals surface area (Å²) in [6.07, 6.45) is -4.33. The van der Waals surface area contributed by atoms with E-state index in [-0.39, 0.29) is 5.91 Å². The second-order valence-corrected chi connectivity index (χ2v) is 8.45. The summed E-state index contributed by atoms with van der Waals surface area (Å²) in [5.74, 6) is 0.720. The van der Waals surface area contributed by atoms with Crippen LogP contribution in [-0.2, 0) is 12.7 Å². The first kappa shape index (κ1) is 22.2. The molecule has 1 amide bonds. The summed E-state index contributed by atoms with van der Waals surface area (Å²) >= 11 is 0. The number of aromatic amines is 1. The standard InChI is InChI=1S/C26H23F3N4O/c27-26(28,29)21-9-6-18(7-10-21)17-32-12-14-33(15-13-32)25(34)20-8-11-22-23(16-20)31-24(30-22)19-4-2-1-3-5-19/h1-11,16H,12-15,17H2,(H,30,31). The highest BCUT2D eigenvalue weighted by atomic mass is 19.4. The lowest BCUT2D eigenvalue weighted by atomic mass is 10.1. The molecular weight excluding hydrogens is 441 g/mol. The lowest BCUT2D eigenvalue weighted by Crippen LogP contribution is -2.48. The summed E-state index contributed by atoms with van der Waals surface area (Å²) in [6, 6.07) is 20.6. The van der Waals surface area contributed by atoms with Gasteiger partial charge in [0.25, 0.3) is 5.91 Å². The molecule has 0 spiro atoms. The number of rotatable bonds is 4. The van der Waals surface area contributed by atoms with E-state index in [2.05, 4.69) is 14.9 Å². The van der Waals surface area contributed by atoms with Crippen molar-refractivity contribution in [1.82, 2.24) is 19.8 Å². The Hall–Kier alpha value is -3.65. The number of carbonyl (C=O) groups excluding carboxylic acids is 1. The molecule has 0 radical (unpaired) electrons. The number of benzene rings is 3. The lowest BCUT2D eigenvalue weighted by Gasteiger charge is -2.34. The summed E-state index contributed by atoms with van der Waals surface area (Å²) in [5.41, 5.74) is 3.37. The predicted molar refractivity (Wildman–Crippen MR) is 124 cm³/mol. The molecule has 0 bridgehead atoms. The van der Waals surface area contributed by atoms with Gasteiger partial charge >= 0.3 is 6.18 Å². The third kappa shape index (κ3) is 4.68. The van der Waals surface area contributed by atoms with Crippen molar-refractivity contribution in [3.8, 4) is 11.4 Å². The number of amides is 1. The number of fused-ring (bicyclic) bond motifs is 1. The minimum absolute atomic E-state index is 0.0414. The topological polar surface area (TPSA) is 52.2 Å². The maximum Gasteiger partial charge on any atom is 0.416 e. The van der Waals surface area contributed by atoms with Crippen LogP contribution >= 0.6 is 0 Å². The third-order valence-corrected chi connectivity index (χ3v) is 6.12. The summed E-state index contributed by atoms with van der Waals surface area (Å²) in [4.78, 5) is 25.0. The van der Waals surface area contributed by atoms with Gasteiger partial charge in [-0.2, -0.15) is 13.2 Å². The van der Waals surface area contributed by atoms with E-state index in [0.717, 1.165) is 40.1 Å². The van der Waals surface area contributed by atoms with Gasteiger partial charge in [0.1, 0.15) is 5.82 Å². The fourth-order valence-electron chi connectivity index (χ4n) is 4.22. The van der Waals surface area contributed by atoms with Crippen LogP contribution in [0.5, 0.6) is 0 Å². The van der Waals surface area contributed by atoms with E-state index < -0.39 is 11.7 Å². The predicted octanol–water partition coefficient (Wildman–Crippen LogP) is 5.21. The zero-order chi connectivity index (χ0) is 23.7. The van der Waals surface area contributed by atoms with Crippen LogP contribution in [0, 0.1) is 0 Å². The molecule has 1 aromatic heterocycles. The smallest absolute Gasteiger partial charge is 0.338 e. The van der Waals surface area contributed by atoms with Crippen molar-refractivity contribution >= 4 is 16.9 Å². The number of hydrogen-bond acceptors (Lipinski definition) is 3. The van der Waals surface area contributed by atoms with Crippen molar-refractivity contribution in [3.05, 3.63) is 89.5 Å². The largest absolute Gasteiger partial charge is 0.416 e. The van der Waals surface area contributed by atoms with Crippen LogP contribution in [0.3, 0.4) is 0 Å². The van der Waals surface area contributed by atoms with Gasteiger partial charge in [-0.15, -0.1) is 0 Å². The van der Waals surface area contributed by atoms with Gasteiger partial charge in [-0.05, 0) is 35.9 Å². The van der Waals surface area contributed by atoms with Crippen LogP contribution < -0.4 is 0 Å². The molecule has 0 saturated carbocycles. The number of nitrogens with one attached hydrogen (secondary N) is 1. The summed E-state index contributed by atoms with van der Waals surface area (Å²) in [5, 5.41) is 0. The van der Waals surface area contributed by atoms with E-state index in [1.54, 1.807) is 0 Å². The molecular formula is C26H23F3N4O. The van der Waals surface area contributed by atoms with Gasteiger partial charge in [0.05, 0.1) is 16.6 Å². The maximum atomic E-state index is 13.1. The minimum atomic E-state index is -4.33. The first-order chi connectivity index (χ1) is 16.4. The maximum absolute atomic E-state index is 13.1. The first-order valence-electron chi connectivity index (χ1n) is 11.1. The van der Waals surface area contributed by atoms with Gasteiger partial charge in [0, 0.05) is 43.9 Å². The molecule has 5 rings (SSSR count). The Balaban J connectivity index is 1.21. The average molecular weight is 464 g/mol. The van der Waals surface area contributed by atoms with Gasteiger partial charge in [-0.25, -0.2) is 4.98 Å². The highest BCUT2D eigenvalue weighted by Gasteiger charge is 2.30. The van der Waals surface area contributed by atoms with E-state index in [9.17, 15) is 18.0 Å². The van der Waals surface area contributed by atoms with E-state index in [4.69, 9.17) is 0 Å². The molecule has 8 heteroatoms. The zero-order valence-electron chi connectivity index (χ0n) is 18.3. The SMILES string of the molecule is O=C(c1ccc2[nH]c(-c3ccccc3)nc2c1)N1CCN(Cc2ccc(C(F)(F)F)cc2)CC1. The van der Waals surface area contributed by atoms with Crippen molar-refractivity contribution in [2.45, 2.75) is 12.7 Å². The van der Waals surface area contributed by atoms with Crippen molar-refractivity contribution < 1.29 is 18.0 Å². The van der Waals surface area contributed by atoms with Crippen molar-refractivity contribution in [2.24, 2.45) is 0 Å². The van der Waals surface area contributed by atoms with Crippen LogP contribution in [0.4, 0.5) is 13.2 Å². The van der Waals surface area contributed by atoms with Crippen LogP contribution in [-0.4, -0.2) is 51.9 Å². The fraction of sp³-hybridized carbons (Fsp3) is 0.231. The highest BCUT2D eigenvalue weighted by molar-refractivity contribution is 5.97. The number of nitrogens with zero attached hydrogens (tertiary/aromatic N) is 3. The molecule has 1 saturated heterocycles. The van der Waals surface area contributed by atoms with Gasteiger partial charge in [-0.3, -0.25) is 9.69 Å². The molecule has 2 heterocycles. The molecule has 0 unspecified atom stereocenters. The molecule has 0 atom stereocenters. The summed E-state index contributed by atoms with van der Waals surface area (Å²) < 4.78 is 38.2. The molecule has 1 aliphatic rings. The Morgan fingerprint density at radius 3 is 2.29 bits per heavy atom. The number of alkyl halides is 3. The Labute approximate surface area is 194 Å². The number of imidazole rings is 1. The van der Waals surface area contributed by atoms with Gasteiger partial charge in [0.15, 0.2) is 0 Å². The van der Waals surface area contributed by atoms with Crippen LogP contribution in [0.15, 0.2) is 72.8 Å². The van der Waals surface area contributed by atoms with Crippen molar-refractivity contribution in [1.29, 1.82) is 0 Å². The monoisotopic (exact) mass is 464 g/mol. The number of hydrogen-bond donors (Lipinski definition) is 1. The minimum Gasteiger partial charge on any atom is -0.338 e. The van der Waals surface area contributed by atoms with Gasteiger partial charge in [0.2, 0.25) is 0 Å². The molecule has 1 N–H and O–H groups in total. The molecule has 174 valence electrons. The number of halogens is 3.